The maximum Gasteiger partial charge on any atom is 0.306 e. The Kier molecular flexibility index (Phi) is 60.2. The molecule has 2 unspecified atom stereocenters. The Bertz CT molecular complexity index is 1560. The van der Waals surface area contributed by atoms with Crippen LogP contribution in [0.4, 0.5) is 0 Å². The fraction of sp³-hybridized carbons (Fsp3) is 0.792. The summed E-state index contributed by atoms with van der Waals surface area (Å²) in [5.74, 6) is -2.27. The lowest BCUT2D eigenvalue weighted by Gasteiger charge is -2.26. The van der Waals surface area contributed by atoms with E-state index in [0.29, 0.717) is 23.9 Å². The first-order valence-electron chi connectivity index (χ1n) is 34.1. The second kappa shape index (κ2) is 62.8. The molecule has 0 saturated heterocycles. The van der Waals surface area contributed by atoms with Gasteiger partial charge >= 0.3 is 11.9 Å². The molecule has 2 atom stereocenters. The van der Waals surface area contributed by atoms with E-state index in [1.165, 1.54) is 212 Å². The molecule has 0 aliphatic carbocycles. The number of allylic oxidation sites excluding steroid dienone is 12. The van der Waals surface area contributed by atoms with Gasteiger partial charge in [0.1, 0.15) is 13.2 Å². The second-order valence-electron chi connectivity index (χ2n) is 24.1. The van der Waals surface area contributed by atoms with E-state index >= 15 is 0 Å². The van der Waals surface area contributed by atoms with Gasteiger partial charge in [0.2, 0.25) is 0 Å². The number of quaternary nitrogens is 1. The largest absolute Gasteiger partial charge is 0.545 e. The van der Waals surface area contributed by atoms with Crippen molar-refractivity contribution >= 4 is 17.9 Å². The molecular formula is C72H129NO8. The fourth-order valence-electron chi connectivity index (χ4n) is 9.74. The van der Waals surface area contributed by atoms with Crippen molar-refractivity contribution in [2.75, 3.05) is 47.5 Å². The maximum absolute atomic E-state index is 12.9. The molecule has 81 heavy (non-hydrogen) atoms. The molecule has 0 bridgehead atoms. The van der Waals surface area contributed by atoms with Crippen LogP contribution in [0, 0.1) is 0 Å². The number of hydrogen-bond donors (Lipinski definition) is 0. The normalized spacial score (nSPS) is 13.1. The van der Waals surface area contributed by atoms with Crippen LogP contribution in [-0.2, 0) is 33.3 Å². The molecule has 0 aromatic carbocycles. The molecule has 0 heterocycles. The van der Waals surface area contributed by atoms with Gasteiger partial charge in [0.15, 0.2) is 12.4 Å². The molecule has 9 heteroatoms. The minimum atomic E-state index is -1.62. The minimum absolute atomic E-state index is 0.148. The lowest BCUT2D eigenvalue weighted by Crippen LogP contribution is -2.44. The highest BCUT2D eigenvalue weighted by molar-refractivity contribution is 5.70. The molecule has 0 aliphatic rings. The van der Waals surface area contributed by atoms with Crippen LogP contribution >= 0.6 is 0 Å². The number of likely N-dealkylation sites (N-methyl/N-ethyl adjacent to an activating group) is 1. The maximum atomic E-state index is 12.9. The molecule has 0 aromatic rings. The molecule has 0 saturated carbocycles. The second-order valence-corrected chi connectivity index (χ2v) is 24.1. The van der Waals surface area contributed by atoms with Crippen LogP contribution < -0.4 is 5.11 Å². The van der Waals surface area contributed by atoms with Crippen molar-refractivity contribution in [2.24, 2.45) is 0 Å². The van der Waals surface area contributed by atoms with Gasteiger partial charge in [-0.25, -0.2) is 0 Å². The van der Waals surface area contributed by atoms with Crippen LogP contribution in [0.25, 0.3) is 0 Å². The van der Waals surface area contributed by atoms with Crippen LogP contribution in [0.5, 0.6) is 0 Å². The number of nitrogens with zero attached hydrogens (tertiary/aromatic N) is 1. The number of ether oxygens (including phenoxy) is 4. The summed E-state index contributed by atoms with van der Waals surface area (Å²) in [6.07, 6.45) is 79.8. The van der Waals surface area contributed by atoms with Gasteiger partial charge in [0.05, 0.1) is 40.3 Å². The summed E-state index contributed by atoms with van der Waals surface area (Å²) in [6, 6.07) is 0. The number of carboxylic acid groups (broad SMARTS) is 1. The number of unbranched alkanes of at least 4 members (excludes halogenated alkanes) is 36. The van der Waals surface area contributed by atoms with Crippen molar-refractivity contribution in [3.63, 3.8) is 0 Å². The molecule has 0 spiro atoms. The highest BCUT2D eigenvalue weighted by Gasteiger charge is 2.22. The van der Waals surface area contributed by atoms with Crippen molar-refractivity contribution in [3.8, 4) is 0 Å². The lowest BCUT2D eigenvalue weighted by molar-refractivity contribution is -0.870. The zero-order valence-corrected chi connectivity index (χ0v) is 53.7. The molecule has 470 valence electrons. The average Bonchev–Trinajstić information content (AvgIpc) is 3.44. The van der Waals surface area contributed by atoms with Crippen LogP contribution in [0.15, 0.2) is 72.9 Å². The number of esters is 2. The molecule has 0 fully saturated rings. The summed E-state index contributed by atoms with van der Waals surface area (Å²) in [6.45, 7) is 4.67. The number of hydrogen-bond acceptors (Lipinski definition) is 8. The van der Waals surface area contributed by atoms with Gasteiger partial charge < -0.3 is 33.3 Å². The van der Waals surface area contributed by atoms with Crippen molar-refractivity contribution in [1.82, 2.24) is 0 Å². The Balaban J connectivity index is 4.03. The van der Waals surface area contributed by atoms with Crippen LogP contribution in [0.1, 0.15) is 309 Å². The first-order valence-corrected chi connectivity index (χ1v) is 34.1. The van der Waals surface area contributed by atoms with Gasteiger partial charge in [0, 0.05) is 12.8 Å². The zero-order chi connectivity index (χ0) is 59.1. The molecule has 0 radical (unpaired) electrons. The molecular weight excluding hydrogens is 1010 g/mol. The van der Waals surface area contributed by atoms with Crippen LogP contribution in [0.3, 0.4) is 0 Å². The summed E-state index contributed by atoms with van der Waals surface area (Å²) >= 11 is 0. The molecule has 0 N–H and O–H groups in total. The van der Waals surface area contributed by atoms with Gasteiger partial charge in [0.25, 0.3) is 0 Å². The Morgan fingerprint density at radius 3 is 1.06 bits per heavy atom. The van der Waals surface area contributed by atoms with Crippen molar-refractivity contribution < 1.29 is 42.9 Å². The number of carboxylic acids is 1. The van der Waals surface area contributed by atoms with E-state index in [1.807, 2.05) is 21.1 Å². The molecule has 0 aliphatic heterocycles. The topological polar surface area (TPSA) is 111 Å². The first kappa shape index (κ1) is 77.7. The van der Waals surface area contributed by atoms with Crippen molar-refractivity contribution in [2.45, 2.75) is 322 Å². The standard InChI is InChI=1S/C72H129NO8/c1-6-8-10-12-14-16-18-20-22-24-26-27-28-29-30-31-32-33-34-35-36-37-38-39-40-41-42-43-45-47-49-51-53-55-57-59-61-63-70(75)81-68(67-80-72(71(76)77)78-65-64-73(3,4)5)66-79-69(74)62-60-58-56-54-52-50-48-46-44-25-23-21-19-17-15-13-11-9-7-2/h8,10,14,16,20-23,26-27,29-30,68,72H,6-7,9,11-13,15,17-19,24-25,28,31-67H2,1-5H3/b10-8-,16-14-,22-20-,23-21-,27-26-,30-29-. The van der Waals surface area contributed by atoms with Gasteiger partial charge in [-0.1, -0.05) is 286 Å². The van der Waals surface area contributed by atoms with Gasteiger partial charge in [-0.15, -0.1) is 0 Å². The molecule has 9 nitrogen and oxygen atoms in total. The Hall–Kier alpha value is -3.27. The summed E-state index contributed by atoms with van der Waals surface area (Å²) in [5.41, 5.74) is 0. The Labute approximate surface area is 500 Å². The molecule has 0 aromatic heterocycles. The van der Waals surface area contributed by atoms with Gasteiger partial charge in [-0.2, -0.15) is 0 Å². The van der Waals surface area contributed by atoms with Gasteiger partial charge in [-0.05, 0) is 83.5 Å². The summed E-state index contributed by atoms with van der Waals surface area (Å²) < 4.78 is 22.8. The van der Waals surface area contributed by atoms with Crippen molar-refractivity contribution in [3.05, 3.63) is 72.9 Å². The molecule has 0 rings (SSSR count). The first-order chi connectivity index (χ1) is 39.6. The highest BCUT2D eigenvalue weighted by atomic mass is 16.7. The van der Waals surface area contributed by atoms with E-state index < -0.39 is 24.3 Å². The number of rotatable bonds is 63. The fourth-order valence-corrected chi connectivity index (χ4v) is 9.74. The van der Waals surface area contributed by atoms with E-state index in [-0.39, 0.29) is 32.2 Å². The van der Waals surface area contributed by atoms with Crippen molar-refractivity contribution in [1.29, 1.82) is 0 Å². The third-order valence-corrected chi connectivity index (χ3v) is 14.9. The zero-order valence-electron chi connectivity index (χ0n) is 53.7. The lowest BCUT2D eigenvalue weighted by atomic mass is 10.0. The van der Waals surface area contributed by atoms with E-state index in [1.54, 1.807) is 0 Å². The Morgan fingerprint density at radius 2 is 0.704 bits per heavy atom. The predicted octanol–water partition coefficient (Wildman–Crippen LogP) is 19.6. The monoisotopic (exact) mass is 1140 g/mol. The average molecular weight is 1140 g/mol. The summed E-state index contributed by atoms with van der Waals surface area (Å²) in [4.78, 5) is 37.4. The summed E-state index contributed by atoms with van der Waals surface area (Å²) in [5, 5.41) is 11.8. The Morgan fingerprint density at radius 1 is 0.383 bits per heavy atom. The number of aliphatic carboxylic acids is 1. The van der Waals surface area contributed by atoms with Crippen LogP contribution in [-0.4, -0.2) is 82.3 Å². The predicted molar refractivity (Wildman–Crippen MR) is 343 cm³/mol. The SMILES string of the molecule is CC/C=C\C/C=C\C/C=C\C/C=C\C/C=C\CCCCCCCCCCCCCCCCCCCCCCCC(=O)OC(COC(=O)CCCCCCCCCCC/C=C\CCCCCCCC)COC(OCC[N+](C)(C)C)C(=O)[O-]. The van der Waals surface area contributed by atoms with E-state index in [9.17, 15) is 19.5 Å². The minimum Gasteiger partial charge on any atom is -0.545 e. The number of carbonyl (C=O) groups excluding carboxylic acids is 3. The van der Waals surface area contributed by atoms with Crippen LogP contribution in [0.2, 0.25) is 0 Å². The van der Waals surface area contributed by atoms with E-state index in [2.05, 4.69) is 86.8 Å². The third-order valence-electron chi connectivity index (χ3n) is 14.9. The van der Waals surface area contributed by atoms with Gasteiger partial charge in [-0.3, -0.25) is 9.59 Å². The van der Waals surface area contributed by atoms with E-state index in [4.69, 9.17) is 18.9 Å². The highest BCUT2D eigenvalue weighted by Crippen LogP contribution is 2.18. The summed E-state index contributed by atoms with van der Waals surface area (Å²) in [7, 11) is 5.93. The smallest absolute Gasteiger partial charge is 0.306 e. The van der Waals surface area contributed by atoms with E-state index in [0.717, 1.165) is 64.2 Å². The third kappa shape index (κ3) is 64.1. The molecule has 0 amide bonds. The number of carbonyl (C=O) groups is 3. The quantitative estimate of drug-likeness (QED) is 0.0195.